The maximum atomic E-state index is 5.37. The summed E-state index contributed by atoms with van der Waals surface area (Å²) in [6.45, 7) is 0. The summed E-state index contributed by atoms with van der Waals surface area (Å²) in [5.74, 6) is 0.688. The Labute approximate surface area is 346 Å². The Morgan fingerprint density at radius 3 is 1.52 bits per heavy atom. The highest BCUT2D eigenvalue weighted by Gasteiger charge is 2.22. The second-order valence-electron chi connectivity index (χ2n) is 15.4. The molecule has 0 unspecified atom stereocenters. The number of nitrogens with zero attached hydrogens (tertiary/aromatic N) is 4. The first-order valence-electron chi connectivity index (χ1n) is 20.4. The van der Waals surface area contributed by atoms with E-state index in [0.29, 0.717) is 5.82 Å². The zero-order valence-corrected chi connectivity index (χ0v) is 32.6. The van der Waals surface area contributed by atoms with E-state index >= 15 is 0 Å². The van der Waals surface area contributed by atoms with Crippen LogP contribution in [0.4, 0.5) is 0 Å². The summed E-state index contributed by atoms with van der Waals surface area (Å²) in [7, 11) is 0. The van der Waals surface area contributed by atoms with Gasteiger partial charge in [-0.3, -0.25) is 0 Å². The molecule has 0 radical (unpaired) electrons. The highest BCUT2D eigenvalue weighted by Crippen LogP contribution is 2.44. The molecule has 0 spiro atoms. The van der Waals surface area contributed by atoms with Gasteiger partial charge in [-0.2, -0.15) is 0 Å². The summed E-state index contributed by atoms with van der Waals surface area (Å²) >= 11 is 0. The van der Waals surface area contributed by atoms with Crippen LogP contribution in [0.3, 0.4) is 0 Å². The Bertz CT molecular complexity index is 3580. The summed E-state index contributed by atoms with van der Waals surface area (Å²) in [5, 5.41) is 7.28. The molecule has 3 heterocycles. The maximum Gasteiger partial charge on any atom is 0.160 e. The Morgan fingerprint density at radius 1 is 0.300 bits per heavy atom. The van der Waals surface area contributed by atoms with Crippen LogP contribution in [-0.4, -0.2) is 19.1 Å². The first-order chi connectivity index (χ1) is 29.8. The number of fused-ring (bicyclic) bond motifs is 8. The smallest absolute Gasteiger partial charge is 0.160 e. The van der Waals surface area contributed by atoms with Gasteiger partial charge in [0.25, 0.3) is 0 Å². The van der Waals surface area contributed by atoms with Crippen molar-refractivity contribution in [1.82, 2.24) is 19.1 Å². The molecule has 0 N–H and O–H groups in total. The van der Waals surface area contributed by atoms with Gasteiger partial charge in [0.2, 0.25) is 0 Å². The molecule has 0 amide bonds. The molecule has 0 bridgehead atoms. The van der Waals surface area contributed by atoms with E-state index in [1.807, 2.05) is 12.1 Å². The molecule has 60 heavy (non-hydrogen) atoms. The van der Waals surface area contributed by atoms with Crippen LogP contribution in [0.15, 0.2) is 218 Å². The molecule has 0 aliphatic carbocycles. The van der Waals surface area contributed by atoms with Crippen molar-refractivity contribution in [2.75, 3.05) is 0 Å². The summed E-state index contributed by atoms with van der Waals surface area (Å²) < 4.78 is 4.87. The normalized spacial score (nSPS) is 11.7. The number of hydrogen-bond donors (Lipinski definition) is 0. The van der Waals surface area contributed by atoms with Crippen LogP contribution in [0.1, 0.15) is 0 Å². The quantitative estimate of drug-likeness (QED) is 0.169. The molecule has 4 nitrogen and oxygen atoms in total. The van der Waals surface area contributed by atoms with Crippen molar-refractivity contribution >= 4 is 54.4 Å². The fourth-order valence-electron chi connectivity index (χ4n) is 9.21. The summed E-state index contributed by atoms with van der Waals surface area (Å²) in [6, 6.07) is 77.9. The van der Waals surface area contributed by atoms with Crippen LogP contribution in [0.5, 0.6) is 0 Å². The predicted octanol–water partition coefficient (Wildman–Crippen LogP) is 14.5. The average Bonchev–Trinajstić information content (AvgIpc) is 3.85. The molecule has 12 rings (SSSR count). The van der Waals surface area contributed by atoms with Gasteiger partial charge in [0.1, 0.15) is 0 Å². The van der Waals surface area contributed by atoms with Crippen molar-refractivity contribution in [2.45, 2.75) is 0 Å². The first-order valence-corrected chi connectivity index (χ1v) is 20.4. The third-order valence-electron chi connectivity index (χ3n) is 11.9. The van der Waals surface area contributed by atoms with Crippen LogP contribution < -0.4 is 0 Å². The molecule has 0 aliphatic rings. The second-order valence-corrected chi connectivity index (χ2v) is 15.4. The zero-order valence-electron chi connectivity index (χ0n) is 32.6. The predicted molar refractivity (Wildman–Crippen MR) is 250 cm³/mol. The van der Waals surface area contributed by atoms with E-state index < -0.39 is 0 Å². The van der Waals surface area contributed by atoms with Gasteiger partial charge < -0.3 is 9.13 Å². The SMILES string of the molecule is c1ccc(-c2cccc(-c3nc(-c4ccccc4)cc(-c4cc(-n5c6ccccc6c6c7c8ccccc8n(-c8ccccc8)c7ccc65)c5ccccc5c4)n3)c2)cc1. The number of aromatic nitrogens is 4. The maximum absolute atomic E-state index is 5.37. The lowest BCUT2D eigenvalue weighted by atomic mass is 10.00. The molecule has 0 fully saturated rings. The van der Waals surface area contributed by atoms with Crippen LogP contribution in [-0.2, 0) is 0 Å². The third-order valence-corrected chi connectivity index (χ3v) is 11.9. The Hall–Kier alpha value is -8.08. The van der Waals surface area contributed by atoms with Crippen molar-refractivity contribution in [3.63, 3.8) is 0 Å². The highest BCUT2D eigenvalue weighted by atomic mass is 15.0. The third kappa shape index (κ3) is 5.46. The van der Waals surface area contributed by atoms with Crippen molar-refractivity contribution in [2.24, 2.45) is 0 Å². The number of rotatable bonds is 6. The van der Waals surface area contributed by atoms with Gasteiger partial charge in [-0.1, -0.05) is 158 Å². The van der Waals surface area contributed by atoms with Crippen LogP contribution >= 0.6 is 0 Å². The van der Waals surface area contributed by atoms with Crippen molar-refractivity contribution < 1.29 is 0 Å². The Kier molecular flexibility index (Phi) is 7.82. The second kappa shape index (κ2) is 13.8. The van der Waals surface area contributed by atoms with Gasteiger partial charge >= 0.3 is 0 Å². The van der Waals surface area contributed by atoms with Gasteiger partial charge in [-0.25, -0.2) is 9.97 Å². The number of hydrogen-bond acceptors (Lipinski definition) is 2. The standard InChI is InChI=1S/C56H36N4/c1-4-17-37(18-5-1)39-22-16-23-41(33-39)56-57-47(38-19-6-2-7-20-38)36-48(58-56)42-34-40-21-10-11-26-44(40)53(35-42)60-50-30-15-13-28-46(50)55-52(60)32-31-51-54(55)45-27-12-14-29-49(45)59(51)43-24-8-3-9-25-43/h1-36H. The van der Waals surface area contributed by atoms with Crippen LogP contribution in [0.25, 0.3) is 111 Å². The summed E-state index contributed by atoms with van der Waals surface area (Å²) in [4.78, 5) is 10.6. The minimum atomic E-state index is 0.688. The molecule has 3 aromatic heterocycles. The molecule has 0 saturated heterocycles. The molecular formula is C56H36N4. The fourth-order valence-corrected chi connectivity index (χ4v) is 9.21. The van der Waals surface area contributed by atoms with E-state index in [1.54, 1.807) is 0 Å². The van der Waals surface area contributed by atoms with Crippen LogP contribution in [0.2, 0.25) is 0 Å². The van der Waals surface area contributed by atoms with Gasteiger partial charge in [-0.15, -0.1) is 0 Å². The zero-order chi connectivity index (χ0) is 39.6. The van der Waals surface area contributed by atoms with E-state index in [0.717, 1.165) is 67.0 Å². The molecule has 0 saturated carbocycles. The monoisotopic (exact) mass is 764 g/mol. The highest BCUT2D eigenvalue weighted by molar-refractivity contribution is 6.29. The topological polar surface area (TPSA) is 35.6 Å². The van der Waals surface area contributed by atoms with Crippen molar-refractivity contribution in [3.8, 4) is 56.4 Å². The molecular weight excluding hydrogens is 729 g/mol. The summed E-state index contributed by atoms with van der Waals surface area (Å²) in [6.07, 6.45) is 0. The van der Waals surface area contributed by atoms with Crippen molar-refractivity contribution in [3.05, 3.63) is 218 Å². The van der Waals surface area contributed by atoms with E-state index in [2.05, 4.69) is 215 Å². The van der Waals surface area contributed by atoms with Gasteiger partial charge in [-0.05, 0) is 77.2 Å². The lowest BCUT2D eigenvalue weighted by Crippen LogP contribution is -1.99. The Balaban J connectivity index is 1.13. The minimum absolute atomic E-state index is 0.688. The molecule has 9 aromatic carbocycles. The van der Waals surface area contributed by atoms with Crippen molar-refractivity contribution in [1.29, 1.82) is 0 Å². The largest absolute Gasteiger partial charge is 0.309 e. The van der Waals surface area contributed by atoms with E-state index in [1.165, 1.54) is 38.0 Å². The summed E-state index contributed by atoms with van der Waals surface area (Å²) in [5.41, 5.74) is 14.0. The fraction of sp³-hybridized carbons (Fsp3) is 0. The van der Waals surface area contributed by atoms with E-state index in [-0.39, 0.29) is 0 Å². The van der Waals surface area contributed by atoms with Gasteiger partial charge in [0.05, 0.1) is 39.1 Å². The molecule has 12 aromatic rings. The molecule has 280 valence electrons. The van der Waals surface area contributed by atoms with Gasteiger partial charge in [0, 0.05) is 49.3 Å². The average molecular weight is 765 g/mol. The molecule has 4 heteroatoms. The number of benzene rings is 9. The minimum Gasteiger partial charge on any atom is -0.309 e. The number of para-hydroxylation sites is 3. The van der Waals surface area contributed by atoms with Gasteiger partial charge in [0.15, 0.2) is 5.82 Å². The molecule has 0 atom stereocenters. The van der Waals surface area contributed by atoms with E-state index in [9.17, 15) is 0 Å². The van der Waals surface area contributed by atoms with E-state index in [4.69, 9.17) is 9.97 Å². The lowest BCUT2D eigenvalue weighted by Gasteiger charge is -2.15. The Morgan fingerprint density at radius 2 is 0.817 bits per heavy atom. The molecule has 0 aliphatic heterocycles. The lowest BCUT2D eigenvalue weighted by molar-refractivity contribution is 1.17. The van der Waals surface area contributed by atoms with Crippen LogP contribution in [0, 0.1) is 0 Å². The first kappa shape index (κ1) is 34.0.